The van der Waals surface area contributed by atoms with Crippen LogP contribution in [-0.4, -0.2) is 49.3 Å². The summed E-state index contributed by atoms with van der Waals surface area (Å²) in [7, 11) is 0. The third kappa shape index (κ3) is 3.18. The lowest BCUT2D eigenvalue weighted by molar-refractivity contribution is -0.119. The number of carbonyl (C=O) groups is 2. The Morgan fingerprint density at radius 1 is 1.25 bits per heavy atom. The second-order valence-electron chi connectivity index (χ2n) is 6.69. The predicted molar refractivity (Wildman–Crippen MR) is 109 cm³/mol. The fraction of sp³-hybridized carbons (Fsp3) is 0.263. The zero-order valence-corrected chi connectivity index (χ0v) is 16.2. The number of anilines is 1. The second-order valence-corrected chi connectivity index (χ2v) is 7.69. The average Bonchev–Trinajstić information content (AvgIpc) is 3.30. The van der Waals surface area contributed by atoms with E-state index in [-0.39, 0.29) is 11.8 Å². The highest BCUT2D eigenvalue weighted by molar-refractivity contribution is 7.99. The van der Waals surface area contributed by atoms with Crippen LogP contribution in [0.1, 0.15) is 21.5 Å². The molecule has 8 nitrogen and oxygen atoms in total. The van der Waals surface area contributed by atoms with Gasteiger partial charge in [0, 0.05) is 17.6 Å². The van der Waals surface area contributed by atoms with Gasteiger partial charge in [0.25, 0.3) is 5.91 Å². The number of rotatable bonds is 3. The number of carbonyl (C=O) groups excluding carboxylic acids is 2. The molecule has 3 N–H and O–H groups in total. The molecule has 0 radical (unpaired) electrons. The monoisotopic (exact) mass is 397 g/mol. The molecule has 1 fully saturated rings. The molecule has 0 spiro atoms. The van der Waals surface area contributed by atoms with Gasteiger partial charge in [-0.05, 0) is 37.1 Å². The van der Waals surface area contributed by atoms with Crippen LogP contribution in [0.15, 0.2) is 35.3 Å². The van der Waals surface area contributed by atoms with Crippen LogP contribution >= 0.6 is 11.8 Å². The summed E-state index contributed by atoms with van der Waals surface area (Å²) in [6.45, 7) is 3.94. The van der Waals surface area contributed by atoms with Crippen LogP contribution in [0, 0.1) is 13.8 Å². The van der Waals surface area contributed by atoms with Crippen LogP contribution in [0.4, 0.5) is 5.69 Å². The summed E-state index contributed by atoms with van der Waals surface area (Å²) in [5.74, 6) is 0.386. The van der Waals surface area contributed by atoms with Crippen molar-refractivity contribution in [3.05, 3.63) is 57.6 Å². The van der Waals surface area contributed by atoms with Gasteiger partial charge in [0.2, 0.25) is 5.91 Å². The fourth-order valence-electron chi connectivity index (χ4n) is 3.23. The van der Waals surface area contributed by atoms with Crippen LogP contribution in [-0.2, 0) is 4.79 Å². The van der Waals surface area contributed by atoms with E-state index in [2.05, 4.69) is 20.3 Å². The van der Waals surface area contributed by atoms with Gasteiger partial charge < -0.3 is 15.2 Å². The zero-order chi connectivity index (χ0) is 19.8. The number of pyridine rings is 1. The molecule has 1 aromatic carbocycles. The van der Waals surface area contributed by atoms with Gasteiger partial charge in [-0.1, -0.05) is 12.1 Å². The minimum absolute atomic E-state index is 0.222. The van der Waals surface area contributed by atoms with Crippen LogP contribution in [0.2, 0.25) is 0 Å². The maximum absolute atomic E-state index is 13.1. The number of thioether (sulfide) groups is 1. The van der Waals surface area contributed by atoms with E-state index in [1.807, 2.05) is 32.0 Å². The average molecular weight is 397 g/mol. The first-order valence-electron chi connectivity index (χ1n) is 8.78. The van der Waals surface area contributed by atoms with Gasteiger partial charge in [-0.15, -0.1) is 11.8 Å². The highest BCUT2D eigenvalue weighted by Crippen LogP contribution is 2.26. The minimum atomic E-state index is -0.591. The van der Waals surface area contributed by atoms with Gasteiger partial charge in [-0.2, -0.15) is 0 Å². The van der Waals surface area contributed by atoms with E-state index in [4.69, 9.17) is 0 Å². The molecule has 144 valence electrons. The number of aryl methyl sites for hydroxylation is 1. The first-order valence-corrected chi connectivity index (χ1v) is 9.94. The lowest BCUT2D eigenvalue weighted by atomic mass is 10.1. The fourth-order valence-corrected chi connectivity index (χ4v) is 4.38. The van der Waals surface area contributed by atoms with Crippen molar-refractivity contribution in [2.75, 3.05) is 16.9 Å². The summed E-state index contributed by atoms with van der Waals surface area (Å²) >= 11 is 1.52. The topological polar surface area (TPSA) is 111 Å². The third-order valence-electron chi connectivity index (χ3n) is 4.96. The molecule has 3 heterocycles. The second kappa shape index (κ2) is 7.16. The normalized spacial score (nSPS) is 16.5. The first-order chi connectivity index (χ1) is 13.5. The van der Waals surface area contributed by atoms with E-state index in [9.17, 15) is 14.4 Å². The molecule has 1 unspecified atom stereocenters. The lowest BCUT2D eigenvalue weighted by Gasteiger charge is -2.23. The van der Waals surface area contributed by atoms with E-state index >= 15 is 0 Å². The number of hydrogen-bond donors (Lipinski definition) is 3. The van der Waals surface area contributed by atoms with Gasteiger partial charge in [0.05, 0.1) is 17.0 Å². The minimum Gasteiger partial charge on any atom is -0.324 e. The van der Waals surface area contributed by atoms with E-state index in [0.29, 0.717) is 28.4 Å². The number of nitrogens with one attached hydrogen (secondary N) is 3. The molecule has 0 aliphatic carbocycles. The van der Waals surface area contributed by atoms with Crippen molar-refractivity contribution in [2.24, 2.45) is 0 Å². The number of aromatic nitrogens is 3. The molecule has 0 bridgehead atoms. The van der Waals surface area contributed by atoms with Gasteiger partial charge in [-0.25, -0.2) is 9.78 Å². The molecule has 3 aromatic rings. The van der Waals surface area contributed by atoms with Gasteiger partial charge in [-0.3, -0.25) is 14.6 Å². The Labute approximate surface area is 164 Å². The first kappa shape index (κ1) is 18.3. The molecule has 1 saturated heterocycles. The summed E-state index contributed by atoms with van der Waals surface area (Å²) in [6, 6.07) is 6.69. The Balaban J connectivity index is 1.60. The number of fused-ring (bicyclic) bond motifs is 1. The summed E-state index contributed by atoms with van der Waals surface area (Å²) in [5, 5.41) is 2.95. The Kier molecular flexibility index (Phi) is 4.68. The smallest absolute Gasteiger partial charge is 0.324 e. The van der Waals surface area contributed by atoms with Crippen molar-refractivity contribution in [2.45, 2.75) is 19.9 Å². The number of hydrogen-bond acceptors (Lipinski definition) is 5. The van der Waals surface area contributed by atoms with Crippen LogP contribution in [0.3, 0.4) is 0 Å². The number of benzene rings is 1. The quantitative estimate of drug-likeness (QED) is 0.626. The molecule has 2 amide bonds. The molecular weight excluding hydrogens is 378 g/mol. The zero-order valence-electron chi connectivity index (χ0n) is 15.4. The Bertz CT molecular complexity index is 1140. The largest absolute Gasteiger partial charge is 0.325 e. The van der Waals surface area contributed by atoms with Crippen molar-refractivity contribution < 1.29 is 9.59 Å². The highest BCUT2D eigenvalue weighted by Gasteiger charge is 2.36. The Hall–Kier alpha value is -3.07. The molecule has 4 rings (SSSR count). The van der Waals surface area contributed by atoms with E-state index in [1.54, 1.807) is 6.07 Å². The van der Waals surface area contributed by atoms with E-state index in [1.165, 1.54) is 22.9 Å². The standard InChI is InChI=1S/C19H19N5O3S/c1-10-4-3-5-13(11(10)2)21-17(25)14-8-28-9-24(14)18(26)12-6-7-20-16-15(12)22-19(27)23-16/h3-7,14H,8-9H2,1-2H3,(H,21,25)(H2,20,22,23,27). The third-order valence-corrected chi connectivity index (χ3v) is 5.97. The van der Waals surface area contributed by atoms with Crippen molar-refractivity contribution in [3.63, 3.8) is 0 Å². The summed E-state index contributed by atoms with van der Waals surface area (Å²) in [6.07, 6.45) is 1.47. The van der Waals surface area contributed by atoms with Gasteiger partial charge >= 0.3 is 5.69 Å². The number of aromatic amines is 2. The van der Waals surface area contributed by atoms with Crippen molar-refractivity contribution >= 4 is 40.4 Å². The molecule has 1 aliphatic rings. The molecular formula is C19H19N5O3S. The number of amides is 2. The summed E-state index contributed by atoms with van der Waals surface area (Å²) < 4.78 is 0. The van der Waals surface area contributed by atoms with Gasteiger partial charge in [0.1, 0.15) is 6.04 Å². The highest BCUT2D eigenvalue weighted by atomic mass is 32.2. The van der Waals surface area contributed by atoms with Crippen LogP contribution in [0.25, 0.3) is 11.2 Å². The number of H-pyrrole nitrogens is 2. The Morgan fingerprint density at radius 2 is 2.07 bits per heavy atom. The maximum Gasteiger partial charge on any atom is 0.325 e. The molecule has 0 saturated carbocycles. The molecule has 2 aromatic heterocycles. The van der Waals surface area contributed by atoms with Crippen molar-refractivity contribution in [1.82, 2.24) is 19.9 Å². The van der Waals surface area contributed by atoms with Crippen LogP contribution in [0.5, 0.6) is 0 Å². The predicted octanol–water partition coefficient (Wildman–Crippen LogP) is 2.02. The Morgan fingerprint density at radius 3 is 2.89 bits per heavy atom. The number of nitrogens with zero attached hydrogens (tertiary/aromatic N) is 2. The maximum atomic E-state index is 13.1. The van der Waals surface area contributed by atoms with E-state index in [0.717, 1.165) is 16.8 Å². The molecule has 9 heteroatoms. The SMILES string of the molecule is Cc1cccc(NC(=O)C2CSCN2C(=O)c2ccnc3[nH]c(=O)[nH]c23)c1C. The van der Waals surface area contributed by atoms with E-state index < -0.39 is 11.7 Å². The van der Waals surface area contributed by atoms with Crippen molar-refractivity contribution in [1.29, 1.82) is 0 Å². The van der Waals surface area contributed by atoms with Gasteiger partial charge in [0.15, 0.2) is 5.65 Å². The summed E-state index contributed by atoms with van der Waals surface area (Å²) in [5.41, 5.74) is 3.39. The molecule has 1 aliphatic heterocycles. The van der Waals surface area contributed by atoms with Crippen LogP contribution < -0.4 is 11.0 Å². The molecule has 28 heavy (non-hydrogen) atoms. The number of imidazole rings is 1. The lowest BCUT2D eigenvalue weighted by Crippen LogP contribution is -2.44. The molecule has 1 atom stereocenters. The van der Waals surface area contributed by atoms with Crippen molar-refractivity contribution in [3.8, 4) is 0 Å². The summed E-state index contributed by atoms with van der Waals surface area (Å²) in [4.78, 5) is 48.3.